The van der Waals surface area contributed by atoms with Crippen LogP contribution in [0.3, 0.4) is 0 Å². The normalized spacial score (nSPS) is 23.9. The zero-order valence-electron chi connectivity index (χ0n) is 10.3. The quantitative estimate of drug-likeness (QED) is 0.691. The summed E-state index contributed by atoms with van der Waals surface area (Å²) in [4.78, 5) is 11.7. The third-order valence-electron chi connectivity index (χ3n) is 4.36. The van der Waals surface area contributed by atoms with Crippen molar-refractivity contribution in [2.24, 2.45) is 23.0 Å². The first-order valence-corrected chi connectivity index (χ1v) is 6.67. The molecule has 0 spiro atoms. The van der Waals surface area contributed by atoms with E-state index in [4.69, 9.17) is 5.73 Å². The van der Waals surface area contributed by atoms with Gasteiger partial charge in [-0.05, 0) is 49.5 Å². The summed E-state index contributed by atoms with van der Waals surface area (Å²) in [6.45, 7) is 3.63. The van der Waals surface area contributed by atoms with Crippen molar-refractivity contribution in [3.63, 3.8) is 0 Å². The van der Waals surface area contributed by atoms with E-state index in [-0.39, 0.29) is 5.91 Å². The van der Waals surface area contributed by atoms with Crippen molar-refractivity contribution in [1.82, 2.24) is 5.32 Å². The number of hydrogen-bond donors (Lipinski definition) is 2. The highest BCUT2D eigenvalue weighted by atomic mass is 16.1. The molecule has 0 saturated heterocycles. The summed E-state index contributed by atoms with van der Waals surface area (Å²) in [6, 6.07) is 0. The lowest BCUT2D eigenvalue weighted by atomic mass is 9.99. The molecule has 0 heterocycles. The maximum atomic E-state index is 11.7. The van der Waals surface area contributed by atoms with Gasteiger partial charge in [0.1, 0.15) is 0 Å². The zero-order valence-corrected chi connectivity index (χ0v) is 10.3. The maximum absolute atomic E-state index is 11.7. The minimum absolute atomic E-state index is 0.198. The maximum Gasteiger partial charge on any atom is 0.220 e. The van der Waals surface area contributed by atoms with E-state index in [1.54, 1.807) is 0 Å². The second-order valence-electron chi connectivity index (χ2n) is 5.63. The topological polar surface area (TPSA) is 55.1 Å². The van der Waals surface area contributed by atoms with Gasteiger partial charge in [-0.2, -0.15) is 0 Å². The molecule has 0 aromatic carbocycles. The Hall–Kier alpha value is -0.570. The molecule has 1 unspecified atom stereocenters. The predicted octanol–water partition coefficient (Wildman–Crippen LogP) is 1.67. The molecule has 3 heteroatoms. The van der Waals surface area contributed by atoms with Crippen molar-refractivity contribution >= 4 is 5.91 Å². The Labute approximate surface area is 98.2 Å². The van der Waals surface area contributed by atoms with Gasteiger partial charge in [0, 0.05) is 13.0 Å². The fourth-order valence-electron chi connectivity index (χ4n) is 2.59. The third-order valence-corrected chi connectivity index (χ3v) is 4.36. The summed E-state index contributed by atoms with van der Waals surface area (Å²) in [7, 11) is 0. The van der Waals surface area contributed by atoms with E-state index in [2.05, 4.69) is 12.2 Å². The van der Waals surface area contributed by atoms with E-state index >= 15 is 0 Å². The minimum atomic E-state index is 0.198. The van der Waals surface area contributed by atoms with E-state index < -0.39 is 0 Å². The van der Waals surface area contributed by atoms with Crippen molar-refractivity contribution in [3.05, 3.63) is 0 Å². The molecule has 0 aromatic heterocycles. The van der Waals surface area contributed by atoms with E-state index in [0.717, 1.165) is 18.9 Å². The molecule has 3 nitrogen and oxygen atoms in total. The SMILES string of the molecule is CCC(CN)CC(=O)NCC1(C2CC2)CC1. The van der Waals surface area contributed by atoms with Crippen LogP contribution in [0.15, 0.2) is 0 Å². The molecule has 92 valence electrons. The molecule has 0 aromatic rings. The molecule has 1 amide bonds. The standard InChI is InChI=1S/C13H24N2O/c1-2-10(8-14)7-12(16)15-9-13(5-6-13)11-3-4-11/h10-11H,2-9,14H2,1H3,(H,15,16). The van der Waals surface area contributed by atoms with Crippen LogP contribution < -0.4 is 11.1 Å². The Bertz CT molecular complexity index is 253. The molecule has 0 bridgehead atoms. The van der Waals surface area contributed by atoms with Crippen molar-refractivity contribution in [2.75, 3.05) is 13.1 Å². The average Bonchev–Trinajstić information content (AvgIpc) is 3.15. The summed E-state index contributed by atoms with van der Waals surface area (Å²) >= 11 is 0. The largest absolute Gasteiger partial charge is 0.356 e. The first-order valence-electron chi connectivity index (χ1n) is 6.67. The average molecular weight is 224 g/mol. The van der Waals surface area contributed by atoms with Crippen LogP contribution in [0.4, 0.5) is 0 Å². The van der Waals surface area contributed by atoms with Crippen LogP contribution in [-0.4, -0.2) is 19.0 Å². The van der Waals surface area contributed by atoms with Crippen LogP contribution in [0.2, 0.25) is 0 Å². The molecule has 0 radical (unpaired) electrons. The molecule has 16 heavy (non-hydrogen) atoms. The molecule has 2 fully saturated rings. The van der Waals surface area contributed by atoms with Gasteiger partial charge in [-0.3, -0.25) is 4.79 Å². The van der Waals surface area contributed by atoms with Crippen LogP contribution in [0.5, 0.6) is 0 Å². The molecule has 3 N–H and O–H groups in total. The van der Waals surface area contributed by atoms with Crippen LogP contribution in [0, 0.1) is 17.3 Å². The minimum Gasteiger partial charge on any atom is -0.356 e. The van der Waals surface area contributed by atoms with E-state index in [0.29, 0.717) is 24.3 Å². The first-order chi connectivity index (χ1) is 7.70. The van der Waals surface area contributed by atoms with E-state index in [9.17, 15) is 4.79 Å². The summed E-state index contributed by atoms with van der Waals surface area (Å²) in [5.74, 6) is 1.48. The highest BCUT2D eigenvalue weighted by Crippen LogP contribution is 2.60. The molecule has 2 rings (SSSR count). The molecule has 2 aliphatic rings. The lowest BCUT2D eigenvalue weighted by Crippen LogP contribution is -2.33. The van der Waals surface area contributed by atoms with Crippen molar-refractivity contribution in [2.45, 2.75) is 45.4 Å². The summed E-state index contributed by atoms with van der Waals surface area (Å²) in [5, 5.41) is 3.11. The van der Waals surface area contributed by atoms with Gasteiger partial charge in [0.2, 0.25) is 5.91 Å². The molecular weight excluding hydrogens is 200 g/mol. The van der Waals surface area contributed by atoms with Gasteiger partial charge in [-0.1, -0.05) is 13.3 Å². The lowest BCUT2D eigenvalue weighted by molar-refractivity contribution is -0.122. The Balaban J connectivity index is 1.67. The van der Waals surface area contributed by atoms with Gasteiger partial charge in [0.25, 0.3) is 0 Å². The molecular formula is C13H24N2O. The van der Waals surface area contributed by atoms with Crippen molar-refractivity contribution in [3.8, 4) is 0 Å². The summed E-state index contributed by atoms with van der Waals surface area (Å²) in [5.41, 5.74) is 6.12. The van der Waals surface area contributed by atoms with E-state index in [1.807, 2.05) is 0 Å². The Kier molecular flexibility index (Phi) is 3.53. The molecule has 2 saturated carbocycles. The fraction of sp³-hybridized carbons (Fsp3) is 0.923. The number of nitrogens with one attached hydrogen (secondary N) is 1. The van der Waals surface area contributed by atoms with Gasteiger partial charge in [0.05, 0.1) is 0 Å². The first kappa shape index (κ1) is 11.9. The van der Waals surface area contributed by atoms with Crippen molar-refractivity contribution < 1.29 is 4.79 Å². The zero-order chi connectivity index (χ0) is 11.6. The van der Waals surface area contributed by atoms with Gasteiger partial charge >= 0.3 is 0 Å². The fourth-order valence-corrected chi connectivity index (χ4v) is 2.59. The Morgan fingerprint density at radius 1 is 1.50 bits per heavy atom. The van der Waals surface area contributed by atoms with Crippen molar-refractivity contribution in [1.29, 1.82) is 0 Å². The highest BCUT2D eigenvalue weighted by molar-refractivity contribution is 5.76. The second kappa shape index (κ2) is 4.74. The van der Waals surface area contributed by atoms with Crippen LogP contribution >= 0.6 is 0 Å². The Morgan fingerprint density at radius 2 is 2.19 bits per heavy atom. The van der Waals surface area contributed by atoms with Gasteiger partial charge in [-0.15, -0.1) is 0 Å². The van der Waals surface area contributed by atoms with E-state index in [1.165, 1.54) is 25.7 Å². The monoisotopic (exact) mass is 224 g/mol. The second-order valence-corrected chi connectivity index (χ2v) is 5.63. The van der Waals surface area contributed by atoms with Gasteiger partial charge in [-0.25, -0.2) is 0 Å². The lowest BCUT2D eigenvalue weighted by Gasteiger charge is -2.17. The molecule has 1 atom stereocenters. The number of nitrogens with two attached hydrogens (primary N) is 1. The number of amides is 1. The third kappa shape index (κ3) is 2.76. The predicted molar refractivity (Wildman–Crippen MR) is 64.9 cm³/mol. The van der Waals surface area contributed by atoms with Crippen LogP contribution in [0.1, 0.15) is 45.4 Å². The molecule has 2 aliphatic carbocycles. The number of hydrogen-bond acceptors (Lipinski definition) is 2. The Morgan fingerprint density at radius 3 is 2.62 bits per heavy atom. The van der Waals surface area contributed by atoms with Gasteiger partial charge in [0.15, 0.2) is 0 Å². The summed E-state index contributed by atoms with van der Waals surface area (Å²) in [6.07, 6.45) is 7.02. The smallest absolute Gasteiger partial charge is 0.220 e. The number of carbonyl (C=O) groups is 1. The highest BCUT2D eigenvalue weighted by Gasteiger charge is 2.53. The number of rotatable bonds is 7. The number of carbonyl (C=O) groups excluding carboxylic acids is 1. The van der Waals surface area contributed by atoms with Crippen LogP contribution in [0.25, 0.3) is 0 Å². The van der Waals surface area contributed by atoms with Crippen LogP contribution in [-0.2, 0) is 4.79 Å². The van der Waals surface area contributed by atoms with Gasteiger partial charge < -0.3 is 11.1 Å². The summed E-state index contributed by atoms with van der Waals surface area (Å²) < 4.78 is 0. The molecule has 0 aliphatic heterocycles.